The number of hydrogen-bond donors (Lipinski definition) is 1. The van der Waals surface area contributed by atoms with Gasteiger partial charge in [-0.05, 0) is 43.7 Å². The molecule has 1 aromatic rings. The first-order valence-electron chi connectivity index (χ1n) is 6.83. The van der Waals surface area contributed by atoms with Crippen molar-refractivity contribution in [3.63, 3.8) is 0 Å². The Balaban J connectivity index is 1.75. The van der Waals surface area contributed by atoms with Crippen LogP contribution in [0.1, 0.15) is 19.8 Å². The van der Waals surface area contributed by atoms with Crippen molar-refractivity contribution in [2.45, 2.75) is 19.8 Å². The minimum absolute atomic E-state index is 0.0541. The Kier molecular flexibility index (Phi) is 5.08. The lowest BCUT2D eigenvalue weighted by Crippen LogP contribution is -2.44. The van der Waals surface area contributed by atoms with Gasteiger partial charge < -0.3 is 9.84 Å². The van der Waals surface area contributed by atoms with Crippen molar-refractivity contribution in [1.29, 1.82) is 0 Å². The third kappa shape index (κ3) is 4.37. The number of hydrogen-bond acceptors (Lipinski definition) is 3. The maximum atomic E-state index is 9.43. The summed E-state index contributed by atoms with van der Waals surface area (Å²) in [5, 5.41) is 10.2. The molecule has 106 valence electrons. The second kappa shape index (κ2) is 6.60. The Morgan fingerprint density at radius 1 is 1.37 bits per heavy atom. The van der Waals surface area contributed by atoms with E-state index in [1.807, 2.05) is 24.3 Å². The average Bonchev–Trinajstić information content (AvgIpc) is 2.41. The summed E-state index contributed by atoms with van der Waals surface area (Å²) in [6.07, 6.45) is 2.26. The molecule has 1 unspecified atom stereocenters. The molecule has 2 rings (SSSR count). The van der Waals surface area contributed by atoms with Crippen LogP contribution in [0, 0.1) is 5.41 Å². The second-order valence-electron chi connectivity index (χ2n) is 5.65. The Morgan fingerprint density at radius 3 is 2.79 bits per heavy atom. The van der Waals surface area contributed by atoms with E-state index in [0.29, 0.717) is 6.61 Å². The van der Waals surface area contributed by atoms with Crippen molar-refractivity contribution >= 4 is 11.6 Å². The molecule has 1 N–H and O–H groups in total. The van der Waals surface area contributed by atoms with Crippen molar-refractivity contribution in [3.8, 4) is 5.75 Å². The predicted octanol–water partition coefficient (Wildman–Crippen LogP) is 2.81. The van der Waals surface area contributed by atoms with Crippen LogP contribution >= 0.6 is 11.6 Å². The molecule has 1 heterocycles. The van der Waals surface area contributed by atoms with Gasteiger partial charge in [0, 0.05) is 30.1 Å². The number of nitrogens with zero attached hydrogens (tertiary/aromatic N) is 1. The molecular formula is C15H22ClNO2. The summed E-state index contributed by atoms with van der Waals surface area (Å²) in [4.78, 5) is 2.37. The molecular weight excluding hydrogens is 262 g/mol. The van der Waals surface area contributed by atoms with Crippen LogP contribution in [0.3, 0.4) is 0 Å². The van der Waals surface area contributed by atoms with Gasteiger partial charge in [0.15, 0.2) is 0 Å². The molecule has 0 aliphatic carbocycles. The van der Waals surface area contributed by atoms with Crippen LogP contribution in [0.5, 0.6) is 5.75 Å². The summed E-state index contributed by atoms with van der Waals surface area (Å²) in [5.41, 5.74) is 0.0541. The highest BCUT2D eigenvalue weighted by molar-refractivity contribution is 6.30. The van der Waals surface area contributed by atoms with Crippen LogP contribution in [0.4, 0.5) is 0 Å². The lowest BCUT2D eigenvalue weighted by molar-refractivity contribution is 0.0406. The molecule has 1 aliphatic heterocycles. The van der Waals surface area contributed by atoms with Crippen LogP contribution in [0.25, 0.3) is 0 Å². The molecule has 1 fully saturated rings. The van der Waals surface area contributed by atoms with Gasteiger partial charge in [-0.25, -0.2) is 0 Å². The van der Waals surface area contributed by atoms with Crippen LogP contribution in [-0.2, 0) is 0 Å². The van der Waals surface area contributed by atoms with E-state index in [9.17, 15) is 5.11 Å². The van der Waals surface area contributed by atoms with Crippen LogP contribution < -0.4 is 4.74 Å². The number of likely N-dealkylation sites (tertiary alicyclic amines) is 1. The minimum atomic E-state index is 0.0541. The van der Waals surface area contributed by atoms with E-state index in [0.717, 1.165) is 43.2 Å². The van der Waals surface area contributed by atoms with E-state index in [1.165, 1.54) is 0 Å². The van der Waals surface area contributed by atoms with Gasteiger partial charge in [0.1, 0.15) is 12.4 Å². The first kappa shape index (κ1) is 14.6. The zero-order chi connectivity index (χ0) is 13.7. The zero-order valence-corrected chi connectivity index (χ0v) is 12.2. The molecule has 0 aromatic heterocycles. The quantitative estimate of drug-likeness (QED) is 0.902. The molecule has 3 nitrogen and oxygen atoms in total. The van der Waals surface area contributed by atoms with E-state index in [-0.39, 0.29) is 12.0 Å². The van der Waals surface area contributed by atoms with E-state index >= 15 is 0 Å². The summed E-state index contributed by atoms with van der Waals surface area (Å²) < 4.78 is 5.70. The van der Waals surface area contributed by atoms with Crippen molar-refractivity contribution < 1.29 is 9.84 Å². The van der Waals surface area contributed by atoms with Crippen molar-refractivity contribution in [3.05, 3.63) is 29.3 Å². The van der Waals surface area contributed by atoms with Crippen molar-refractivity contribution in [2.75, 3.05) is 32.8 Å². The van der Waals surface area contributed by atoms with E-state index in [4.69, 9.17) is 16.3 Å². The van der Waals surface area contributed by atoms with Gasteiger partial charge in [0.05, 0.1) is 0 Å². The fourth-order valence-electron chi connectivity index (χ4n) is 2.57. The molecule has 0 amide bonds. The number of benzene rings is 1. The number of aliphatic hydroxyl groups excluding tert-OH is 1. The van der Waals surface area contributed by atoms with Gasteiger partial charge in [0.2, 0.25) is 0 Å². The largest absolute Gasteiger partial charge is 0.492 e. The first-order valence-corrected chi connectivity index (χ1v) is 7.21. The third-order valence-electron chi connectivity index (χ3n) is 3.73. The smallest absolute Gasteiger partial charge is 0.119 e. The van der Waals surface area contributed by atoms with E-state index < -0.39 is 0 Å². The molecule has 0 radical (unpaired) electrons. The van der Waals surface area contributed by atoms with E-state index in [2.05, 4.69) is 11.8 Å². The maximum absolute atomic E-state index is 9.43. The molecule has 0 bridgehead atoms. The van der Waals surface area contributed by atoms with Gasteiger partial charge in [-0.1, -0.05) is 18.5 Å². The SMILES string of the molecule is CC1(CO)CCCN(CCOc2ccc(Cl)cc2)C1. The summed E-state index contributed by atoms with van der Waals surface area (Å²) in [5.74, 6) is 0.853. The van der Waals surface area contributed by atoms with Gasteiger partial charge in [0.25, 0.3) is 0 Å². The van der Waals surface area contributed by atoms with Crippen molar-refractivity contribution in [1.82, 2.24) is 4.90 Å². The fourth-order valence-corrected chi connectivity index (χ4v) is 2.70. The molecule has 1 saturated heterocycles. The normalized spacial score (nSPS) is 24.4. The molecule has 1 aromatic carbocycles. The summed E-state index contributed by atoms with van der Waals surface area (Å²) in [6.45, 7) is 6.04. The first-order chi connectivity index (χ1) is 9.11. The van der Waals surface area contributed by atoms with Crippen LogP contribution in [0.15, 0.2) is 24.3 Å². The number of halogens is 1. The van der Waals surface area contributed by atoms with Crippen LogP contribution in [0.2, 0.25) is 5.02 Å². The number of piperidine rings is 1. The number of aliphatic hydroxyl groups is 1. The average molecular weight is 284 g/mol. The number of rotatable bonds is 5. The second-order valence-corrected chi connectivity index (χ2v) is 6.09. The highest BCUT2D eigenvalue weighted by atomic mass is 35.5. The highest BCUT2D eigenvalue weighted by Gasteiger charge is 2.29. The summed E-state index contributed by atoms with van der Waals surface area (Å²) >= 11 is 5.83. The fraction of sp³-hybridized carbons (Fsp3) is 0.600. The minimum Gasteiger partial charge on any atom is -0.492 e. The van der Waals surface area contributed by atoms with E-state index in [1.54, 1.807) is 0 Å². The third-order valence-corrected chi connectivity index (χ3v) is 3.98. The zero-order valence-electron chi connectivity index (χ0n) is 11.4. The lowest BCUT2D eigenvalue weighted by Gasteiger charge is -2.39. The summed E-state index contributed by atoms with van der Waals surface area (Å²) in [7, 11) is 0. The topological polar surface area (TPSA) is 32.7 Å². The van der Waals surface area contributed by atoms with Crippen molar-refractivity contribution in [2.24, 2.45) is 5.41 Å². The summed E-state index contributed by atoms with van der Waals surface area (Å²) in [6, 6.07) is 7.44. The standard InChI is InChI=1S/C15H22ClNO2/c1-15(12-18)7-2-8-17(11-15)9-10-19-14-5-3-13(16)4-6-14/h3-6,18H,2,7-12H2,1H3. The predicted molar refractivity (Wildman–Crippen MR) is 77.8 cm³/mol. The van der Waals surface area contributed by atoms with Crippen LogP contribution in [-0.4, -0.2) is 42.9 Å². The Morgan fingerprint density at radius 2 is 2.11 bits per heavy atom. The van der Waals surface area contributed by atoms with Gasteiger partial charge in [-0.15, -0.1) is 0 Å². The molecule has 4 heteroatoms. The monoisotopic (exact) mass is 283 g/mol. The maximum Gasteiger partial charge on any atom is 0.119 e. The Bertz CT molecular complexity index is 396. The molecule has 1 aliphatic rings. The molecule has 1 atom stereocenters. The number of ether oxygens (including phenoxy) is 1. The lowest BCUT2D eigenvalue weighted by atomic mass is 9.83. The Hall–Kier alpha value is -0.770. The molecule has 0 spiro atoms. The Labute approximate surface area is 120 Å². The molecule has 0 saturated carbocycles. The van der Waals surface area contributed by atoms with Gasteiger partial charge in [-0.2, -0.15) is 0 Å². The van der Waals surface area contributed by atoms with Gasteiger partial charge >= 0.3 is 0 Å². The highest BCUT2D eigenvalue weighted by Crippen LogP contribution is 2.28. The van der Waals surface area contributed by atoms with Gasteiger partial charge in [-0.3, -0.25) is 4.90 Å². The molecule has 19 heavy (non-hydrogen) atoms.